The Balaban J connectivity index is 2.69. The molecule has 5 heteroatoms. The third-order valence-corrected chi connectivity index (χ3v) is 1.80. The number of fused-ring (bicyclic) bond motifs is 1. The van der Waals surface area contributed by atoms with Gasteiger partial charge in [0.15, 0.2) is 0 Å². The van der Waals surface area contributed by atoms with Gasteiger partial charge in [-0.05, 0) is 18.2 Å². The van der Waals surface area contributed by atoms with Crippen LogP contribution in [0.2, 0.25) is 0 Å². The molecule has 1 aromatic carbocycles. The molecule has 0 saturated heterocycles. The highest BCUT2D eigenvalue weighted by molar-refractivity contribution is 5.81. The number of alkyl halides is 2. The van der Waals surface area contributed by atoms with E-state index in [-0.39, 0.29) is 0 Å². The number of nitrogens with two attached hydrogens (primary N) is 1. The number of benzene rings is 1. The lowest BCUT2D eigenvalue weighted by Gasteiger charge is -2.00. The molecule has 0 fully saturated rings. The molecule has 2 aromatic rings. The molecule has 2 rings (SSSR count). The number of anilines is 1. The Morgan fingerprint density at radius 3 is 2.85 bits per heavy atom. The summed E-state index contributed by atoms with van der Waals surface area (Å²) in [5.74, 6) is 0. The second-order valence-corrected chi connectivity index (χ2v) is 2.69. The van der Waals surface area contributed by atoms with Crippen LogP contribution in [0.25, 0.3) is 10.9 Å². The van der Waals surface area contributed by atoms with Crippen molar-refractivity contribution in [1.29, 1.82) is 0 Å². The van der Waals surface area contributed by atoms with Crippen LogP contribution in [-0.4, -0.2) is 9.78 Å². The maximum Gasteiger partial charge on any atom is 0.333 e. The monoisotopic (exact) mass is 183 g/mol. The van der Waals surface area contributed by atoms with Gasteiger partial charge in [-0.1, -0.05) is 0 Å². The number of rotatable bonds is 1. The summed E-state index contributed by atoms with van der Waals surface area (Å²) in [6, 6.07) is 4.72. The molecular formula is C8H7F2N3. The van der Waals surface area contributed by atoms with Crippen LogP contribution in [0, 0.1) is 0 Å². The van der Waals surface area contributed by atoms with E-state index in [2.05, 4.69) is 5.10 Å². The molecule has 0 aliphatic heterocycles. The molecule has 0 bridgehead atoms. The molecule has 68 valence electrons. The van der Waals surface area contributed by atoms with Gasteiger partial charge in [-0.2, -0.15) is 13.9 Å². The van der Waals surface area contributed by atoms with Gasteiger partial charge in [0.05, 0.1) is 11.7 Å². The van der Waals surface area contributed by atoms with Gasteiger partial charge >= 0.3 is 6.55 Å². The van der Waals surface area contributed by atoms with E-state index in [4.69, 9.17) is 5.73 Å². The molecule has 0 unspecified atom stereocenters. The van der Waals surface area contributed by atoms with E-state index in [1.54, 1.807) is 12.1 Å². The Labute approximate surface area is 72.8 Å². The average Bonchev–Trinajstić information content (AvgIpc) is 2.46. The van der Waals surface area contributed by atoms with Crippen LogP contribution in [0.5, 0.6) is 0 Å². The minimum Gasteiger partial charge on any atom is -0.399 e. The van der Waals surface area contributed by atoms with Gasteiger partial charge in [-0.25, -0.2) is 4.68 Å². The fourth-order valence-electron chi connectivity index (χ4n) is 1.23. The number of aromatic nitrogens is 2. The standard InChI is InChI=1S/C8H7F2N3/c9-8(10)13-7-2-1-6(11)3-5(7)4-12-13/h1-4,8H,11H2. The molecule has 0 saturated carbocycles. The molecule has 0 radical (unpaired) electrons. The van der Waals surface area contributed by atoms with Gasteiger partial charge < -0.3 is 5.73 Å². The molecule has 2 N–H and O–H groups in total. The predicted octanol–water partition coefficient (Wildman–Crippen LogP) is 2.01. The molecule has 0 amide bonds. The second-order valence-electron chi connectivity index (χ2n) is 2.69. The molecule has 0 atom stereocenters. The number of hydrogen-bond acceptors (Lipinski definition) is 2. The minimum atomic E-state index is -2.61. The second kappa shape index (κ2) is 2.69. The first kappa shape index (κ1) is 7.97. The normalized spacial score (nSPS) is 11.3. The summed E-state index contributed by atoms with van der Waals surface area (Å²) in [5, 5.41) is 4.17. The van der Waals surface area contributed by atoms with Gasteiger partial charge in [0, 0.05) is 11.1 Å². The Kier molecular flexibility index (Phi) is 1.65. The van der Waals surface area contributed by atoms with E-state index in [1.165, 1.54) is 12.3 Å². The number of nitrogens with zero attached hydrogens (tertiary/aromatic N) is 2. The number of halogens is 2. The smallest absolute Gasteiger partial charge is 0.333 e. The highest BCUT2D eigenvalue weighted by Crippen LogP contribution is 2.21. The van der Waals surface area contributed by atoms with Gasteiger partial charge in [0.2, 0.25) is 0 Å². The van der Waals surface area contributed by atoms with E-state index >= 15 is 0 Å². The van der Waals surface area contributed by atoms with Crippen molar-refractivity contribution in [2.75, 3.05) is 5.73 Å². The Morgan fingerprint density at radius 2 is 2.15 bits per heavy atom. The molecular weight excluding hydrogens is 176 g/mol. The summed E-state index contributed by atoms with van der Waals surface area (Å²) in [6.45, 7) is -2.61. The summed E-state index contributed by atoms with van der Waals surface area (Å²) in [5.41, 5.74) is 6.42. The third-order valence-electron chi connectivity index (χ3n) is 1.80. The first-order valence-corrected chi connectivity index (χ1v) is 3.69. The quantitative estimate of drug-likeness (QED) is 0.687. The van der Waals surface area contributed by atoms with E-state index < -0.39 is 6.55 Å². The molecule has 0 aliphatic carbocycles. The maximum atomic E-state index is 12.3. The zero-order valence-corrected chi connectivity index (χ0v) is 6.61. The first-order valence-electron chi connectivity index (χ1n) is 3.69. The molecule has 1 heterocycles. The van der Waals surface area contributed by atoms with Crippen LogP contribution >= 0.6 is 0 Å². The van der Waals surface area contributed by atoms with Crippen LogP contribution in [0.4, 0.5) is 14.5 Å². The first-order chi connectivity index (χ1) is 6.18. The van der Waals surface area contributed by atoms with Crippen LogP contribution in [0.15, 0.2) is 24.4 Å². The highest BCUT2D eigenvalue weighted by atomic mass is 19.3. The SMILES string of the molecule is Nc1ccc2c(cnn2C(F)F)c1. The van der Waals surface area contributed by atoms with Crippen molar-refractivity contribution >= 4 is 16.6 Å². The Morgan fingerprint density at radius 1 is 1.38 bits per heavy atom. The summed E-state index contributed by atoms with van der Waals surface area (Å²) >= 11 is 0. The molecule has 3 nitrogen and oxygen atoms in total. The van der Waals surface area contributed by atoms with Crippen molar-refractivity contribution in [3.63, 3.8) is 0 Å². The lowest BCUT2D eigenvalue weighted by atomic mass is 10.2. The zero-order valence-electron chi connectivity index (χ0n) is 6.61. The molecule has 0 spiro atoms. The molecule has 1 aromatic heterocycles. The minimum absolute atomic E-state index is 0.393. The van der Waals surface area contributed by atoms with Crippen molar-refractivity contribution in [1.82, 2.24) is 9.78 Å². The molecule has 0 aliphatic rings. The largest absolute Gasteiger partial charge is 0.399 e. The average molecular weight is 183 g/mol. The van der Waals surface area contributed by atoms with Gasteiger partial charge in [0.1, 0.15) is 0 Å². The van der Waals surface area contributed by atoms with Gasteiger partial charge in [-0.3, -0.25) is 0 Å². The van der Waals surface area contributed by atoms with E-state index in [0.717, 1.165) is 0 Å². The fraction of sp³-hybridized carbons (Fsp3) is 0.125. The Bertz CT molecular complexity index is 436. The zero-order chi connectivity index (χ0) is 9.42. The van der Waals surface area contributed by atoms with Crippen LogP contribution in [0.1, 0.15) is 6.55 Å². The van der Waals surface area contributed by atoms with Crippen molar-refractivity contribution in [3.05, 3.63) is 24.4 Å². The van der Waals surface area contributed by atoms with E-state index in [0.29, 0.717) is 21.3 Å². The highest BCUT2D eigenvalue weighted by Gasteiger charge is 2.10. The van der Waals surface area contributed by atoms with Crippen molar-refractivity contribution in [3.8, 4) is 0 Å². The summed E-state index contributed by atoms with van der Waals surface area (Å²) < 4.78 is 25.3. The lowest BCUT2D eigenvalue weighted by Crippen LogP contribution is -1.99. The maximum absolute atomic E-state index is 12.3. The van der Waals surface area contributed by atoms with Crippen LogP contribution in [0.3, 0.4) is 0 Å². The predicted molar refractivity (Wildman–Crippen MR) is 45.4 cm³/mol. The van der Waals surface area contributed by atoms with E-state index in [9.17, 15) is 8.78 Å². The summed E-state index contributed by atoms with van der Waals surface area (Å²) in [7, 11) is 0. The number of hydrogen-bond donors (Lipinski definition) is 1. The van der Waals surface area contributed by atoms with Crippen molar-refractivity contribution in [2.45, 2.75) is 6.55 Å². The summed E-state index contributed by atoms with van der Waals surface area (Å²) in [4.78, 5) is 0. The van der Waals surface area contributed by atoms with Crippen molar-refractivity contribution < 1.29 is 8.78 Å². The Hall–Kier alpha value is -1.65. The van der Waals surface area contributed by atoms with Crippen LogP contribution < -0.4 is 5.73 Å². The fourth-order valence-corrected chi connectivity index (χ4v) is 1.23. The van der Waals surface area contributed by atoms with E-state index in [1.807, 2.05) is 0 Å². The third kappa shape index (κ3) is 1.22. The lowest BCUT2D eigenvalue weighted by molar-refractivity contribution is 0.0615. The van der Waals surface area contributed by atoms with Crippen LogP contribution in [-0.2, 0) is 0 Å². The van der Waals surface area contributed by atoms with Crippen molar-refractivity contribution in [2.24, 2.45) is 0 Å². The topological polar surface area (TPSA) is 43.8 Å². The number of nitrogen functional groups attached to an aromatic ring is 1. The summed E-state index contributed by atoms with van der Waals surface area (Å²) in [6.07, 6.45) is 1.37. The van der Waals surface area contributed by atoms with Gasteiger partial charge in [0.25, 0.3) is 0 Å². The van der Waals surface area contributed by atoms with Gasteiger partial charge in [-0.15, -0.1) is 0 Å². The molecule has 13 heavy (non-hydrogen) atoms.